The fourth-order valence-electron chi connectivity index (χ4n) is 4.04. The van der Waals surface area contributed by atoms with Gasteiger partial charge in [-0.15, -0.1) is 0 Å². The monoisotopic (exact) mass is 450 g/mol. The molecule has 2 aromatic carbocycles. The van der Waals surface area contributed by atoms with Gasteiger partial charge in [0.15, 0.2) is 6.10 Å². The van der Waals surface area contributed by atoms with Crippen LogP contribution in [0.2, 0.25) is 0 Å². The minimum Gasteiger partial charge on any atom is -0.441 e. The summed E-state index contributed by atoms with van der Waals surface area (Å²) in [6, 6.07) is 17.3. The maximum absolute atomic E-state index is 13.6. The van der Waals surface area contributed by atoms with E-state index in [1.807, 2.05) is 30.3 Å². The molecule has 0 bridgehead atoms. The quantitative estimate of drug-likeness (QED) is 0.596. The van der Waals surface area contributed by atoms with E-state index in [2.05, 4.69) is 20.6 Å². The topological polar surface area (TPSA) is 94.6 Å². The van der Waals surface area contributed by atoms with Crippen molar-refractivity contribution in [2.45, 2.75) is 30.9 Å². The van der Waals surface area contributed by atoms with Crippen molar-refractivity contribution in [3.63, 3.8) is 0 Å². The van der Waals surface area contributed by atoms with Gasteiger partial charge in [0.2, 0.25) is 5.95 Å². The van der Waals surface area contributed by atoms with Crippen molar-refractivity contribution in [3.05, 3.63) is 78.2 Å². The van der Waals surface area contributed by atoms with Crippen LogP contribution in [0.25, 0.3) is 11.3 Å². The highest BCUT2D eigenvalue weighted by Gasteiger charge is 2.49. The van der Waals surface area contributed by atoms with Crippen LogP contribution >= 0.6 is 0 Å². The van der Waals surface area contributed by atoms with E-state index in [9.17, 15) is 9.18 Å². The number of halogens is 1. The van der Waals surface area contributed by atoms with Gasteiger partial charge in [-0.3, -0.25) is 0 Å². The molecule has 2 fully saturated rings. The lowest BCUT2D eigenvalue weighted by Gasteiger charge is -2.18. The van der Waals surface area contributed by atoms with E-state index in [0.29, 0.717) is 30.4 Å². The molecule has 0 radical (unpaired) electrons. The Kier molecular flexibility index (Phi) is 6.14. The van der Waals surface area contributed by atoms with E-state index >= 15 is 0 Å². The zero-order valence-corrected chi connectivity index (χ0v) is 17.7. The first-order chi connectivity index (χ1) is 16.2. The average Bonchev–Trinajstić information content (AvgIpc) is 3.42. The predicted molar refractivity (Wildman–Crippen MR) is 118 cm³/mol. The minimum absolute atomic E-state index is 0.210. The molecule has 0 spiro atoms. The first kappa shape index (κ1) is 21.3. The van der Waals surface area contributed by atoms with Crippen LogP contribution in [0.3, 0.4) is 0 Å². The lowest BCUT2D eigenvalue weighted by atomic mass is 10.1. The lowest BCUT2D eigenvalue weighted by Crippen LogP contribution is -2.39. The van der Waals surface area contributed by atoms with Crippen molar-refractivity contribution in [2.24, 2.45) is 0 Å². The molecule has 5 rings (SSSR count). The Morgan fingerprint density at radius 2 is 1.91 bits per heavy atom. The molecule has 8 nitrogen and oxygen atoms in total. The van der Waals surface area contributed by atoms with E-state index in [1.54, 1.807) is 24.4 Å². The molecule has 2 aliphatic rings. The summed E-state index contributed by atoms with van der Waals surface area (Å²) in [5.41, 5.74) is 2.25. The average molecular weight is 450 g/mol. The number of carbonyl (C=O) groups excluding carboxylic acids is 1. The summed E-state index contributed by atoms with van der Waals surface area (Å²) in [4.78, 5) is 21.0. The standard InChI is InChI=1S/C24H23FN4O4/c25-17-8-4-7-16(11-17)18-9-10-26-23(28-18)29-19-13-31-22-20(14-32-21(19)22)33-24(30)27-12-15-5-2-1-3-6-15/h1-11,19-22H,12-14H2,(H,27,30)(H,26,28,29). The van der Waals surface area contributed by atoms with Crippen LogP contribution in [0, 0.1) is 5.82 Å². The van der Waals surface area contributed by atoms with Crippen molar-refractivity contribution in [1.82, 2.24) is 15.3 Å². The van der Waals surface area contributed by atoms with Crippen LogP contribution in [0.5, 0.6) is 0 Å². The first-order valence-corrected chi connectivity index (χ1v) is 10.7. The molecule has 1 aromatic heterocycles. The normalized spacial score (nSPS) is 23.7. The predicted octanol–water partition coefficient (Wildman–Crippen LogP) is 3.16. The Morgan fingerprint density at radius 1 is 1.06 bits per heavy atom. The van der Waals surface area contributed by atoms with Crippen molar-refractivity contribution in [1.29, 1.82) is 0 Å². The highest BCUT2D eigenvalue weighted by molar-refractivity contribution is 5.67. The Bertz CT molecular complexity index is 1120. The van der Waals surface area contributed by atoms with Crippen LogP contribution in [-0.4, -0.2) is 53.6 Å². The van der Waals surface area contributed by atoms with Gasteiger partial charge in [0.25, 0.3) is 0 Å². The second-order valence-electron chi connectivity index (χ2n) is 7.91. The molecular weight excluding hydrogens is 427 g/mol. The van der Waals surface area contributed by atoms with Gasteiger partial charge in [-0.1, -0.05) is 42.5 Å². The van der Waals surface area contributed by atoms with Crippen LogP contribution in [0.1, 0.15) is 5.56 Å². The van der Waals surface area contributed by atoms with E-state index < -0.39 is 12.2 Å². The summed E-state index contributed by atoms with van der Waals surface area (Å²) >= 11 is 0. The molecule has 0 saturated carbocycles. The number of ether oxygens (including phenoxy) is 3. The van der Waals surface area contributed by atoms with Gasteiger partial charge in [0.05, 0.1) is 24.9 Å². The maximum atomic E-state index is 13.6. The smallest absolute Gasteiger partial charge is 0.407 e. The van der Waals surface area contributed by atoms with Gasteiger partial charge in [-0.25, -0.2) is 19.2 Å². The number of anilines is 1. The number of amides is 1. The number of hydrogen-bond donors (Lipinski definition) is 2. The van der Waals surface area contributed by atoms with E-state index in [4.69, 9.17) is 14.2 Å². The number of aromatic nitrogens is 2. The molecule has 3 heterocycles. The summed E-state index contributed by atoms with van der Waals surface area (Å²) in [7, 11) is 0. The van der Waals surface area contributed by atoms with Gasteiger partial charge in [0.1, 0.15) is 18.0 Å². The van der Waals surface area contributed by atoms with E-state index in [0.717, 1.165) is 5.56 Å². The van der Waals surface area contributed by atoms with Crippen LogP contribution in [0.15, 0.2) is 66.9 Å². The number of carbonyl (C=O) groups is 1. The summed E-state index contributed by atoms with van der Waals surface area (Å²) in [5.74, 6) is 0.0606. The number of nitrogens with zero attached hydrogens (tertiary/aromatic N) is 2. The second-order valence-corrected chi connectivity index (χ2v) is 7.91. The van der Waals surface area contributed by atoms with Gasteiger partial charge in [-0.05, 0) is 23.8 Å². The highest BCUT2D eigenvalue weighted by atomic mass is 19.1. The van der Waals surface area contributed by atoms with Crippen LogP contribution in [0.4, 0.5) is 15.1 Å². The molecule has 4 atom stereocenters. The van der Waals surface area contributed by atoms with Gasteiger partial charge in [-0.2, -0.15) is 0 Å². The summed E-state index contributed by atoms with van der Waals surface area (Å²) in [5, 5.41) is 5.98. The third-order valence-corrected chi connectivity index (χ3v) is 5.64. The molecular formula is C24H23FN4O4. The molecule has 2 N–H and O–H groups in total. The summed E-state index contributed by atoms with van der Waals surface area (Å²) < 4.78 is 30.8. The molecule has 2 saturated heterocycles. The number of benzene rings is 2. The summed E-state index contributed by atoms with van der Waals surface area (Å²) in [6.45, 7) is 0.982. The Balaban J connectivity index is 1.17. The fourth-order valence-corrected chi connectivity index (χ4v) is 4.04. The van der Waals surface area contributed by atoms with Crippen LogP contribution < -0.4 is 10.6 Å². The van der Waals surface area contributed by atoms with Crippen molar-refractivity contribution < 1.29 is 23.4 Å². The highest BCUT2D eigenvalue weighted by Crippen LogP contribution is 2.30. The van der Waals surface area contributed by atoms with E-state index in [-0.39, 0.29) is 30.7 Å². The van der Waals surface area contributed by atoms with Gasteiger partial charge >= 0.3 is 6.09 Å². The third kappa shape index (κ3) is 4.94. The number of fused-ring (bicyclic) bond motifs is 1. The second kappa shape index (κ2) is 9.51. The number of rotatable bonds is 6. The van der Waals surface area contributed by atoms with Crippen molar-refractivity contribution >= 4 is 12.0 Å². The number of nitrogens with one attached hydrogen (secondary N) is 2. The molecule has 2 aliphatic heterocycles. The summed E-state index contributed by atoms with van der Waals surface area (Å²) in [6.07, 6.45) is -0.0902. The zero-order chi connectivity index (χ0) is 22.6. The van der Waals surface area contributed by atoms with Crippen molar-refractivity contribution in [2.75, 3.05) is 18.5 Å². The molecule has 1 amide bonds. The van der Waals surface area contributed by atoms with Crippen LogP contribution in [-0.2, 0) is 20.8 Å². The SMILES string of the molecule is O=C(NCc1ccccc1)OC1COC2C(Nc3nccc(-c4cccc(F)c4)n3)COC12. The Hall–Kier alpha value is -3.56. The Labute approximate surface area is 190 Å². The molecule has 0 aliphatic carbocycles. The molecule has 33 heavy (non-hydrogen) atoms. The largest absolute Gasteiger partial charge is 0.441 e. The fraction of sp³-hybridized carbons (Fsp3) is 0.292. The van der Waals surface area contributed by atoms with Crippen molar-refractivity contribution in [3.8, 4) is 11.3 Å². The molecule has 4 unspecified atom stereocenters. The number of alkyl carbamates (subject to hydrolysis) is 1. The van der Waals surface area contributed by atoms with Gasteiger partial charge in [0, 0.05) is 18.3 Å². The molecule has 170 valence electrons. The van der Waals surface area contributed by atoms with E-state index in [1.165, 1.54) is 12.1 Å². The van der Waals surface area contributed by atoms with Gasteiger partial charge < -0.3 is 24.8 Å². The minimum atomic E-state index is -0.515. The lowest BCUT2D eigenvalue weighted by molar-refractivity contribution is 0.00431. The zero-order valence-electron chi connectivity index (χ0n) is 17.7. The Morgan fingerprint density at radius 3 is 2.76 bits per heavy atom. The molecule has 9 heteroatoms. The maximum Gasteiger partial charge on any atom is 0.407 e. The third-order valence-electron chi connectivity index (χ3n) is 5.64. The first-order valence-electron chi connectivity index (χ1n) is 10.7. The molecule has 3 aromatic rings. The number of hydrogen-bond acceptors (Lipinski definition) is 7.